The molecule has 1 aromatic carbocycles. The minimum absolute atomic E-state index is 0.165. The molecule has 0 amide bonds. The van der Waals surface area contributed by atoms with Gasteiger partial charge in [0.15, 0.2) is 0 Å². The third-order valence-corrected chi connectivity index (χ3v) is 3.88. The predicted molar refractivity (Wildman–Crippen MR) is 78.7 cm³/mol. The average Bonchev–Trinajstić information content (AvgIpc) is 2.43. The third kappa shape index (κ3) is 4.11. The molecule has 0 fully saturated rings. The molecule has 0 aliphatic rings. The standard InChI is InChI=1S/C14H14ClNO2S/c1-18-14(17)3-2-8-19-13-7-4-10-9-11(15)5-6-12(10)16-13/h4-7,9H,2-3,8H2,1H3. The lowest BCUT2D eigenvalue weighted by molar-refractivity contribution is -0.140. The second-order valence-electron chi connectivity index (χ2n) is 4.01. The summed E-state index contributed by atoms with van der Waals surface area (Å²) in [7, 11) is 1.41. The molecule has 0 saturated carbocycles. The van der Waals surface area contributed by atoms with Gasteiger partial charge < -0.3 is 4.74 Å². The summed E-state index contributed by atoms with van der Waals surface area (Å²) in [5.74, 6) is 0.683. The van der Waals surface area contributed by atoms with Gasteiger partial charge in [-0.3, -0.25) is 4.79 Å². The lowest BCUT2D eigenvalue weighted by Crippen LogP contribution is -2.00. The molecule has 0 bridgehead atoms. The Morgan fingerprint density at radius 2 is 2.21 bits per heavy atom. The van der Waals surface area contributed by atoms with Gasteiger partial charge in [0.2, 0.25) is 0 Å². The van der Waals surface area contributed by atoms with E-state index in [9.17, 15) is 4.79 Å². The summed E-state index contributed by atoms with van der Waals surface area (Å²) >= 11 is 7.57. The summed E-state index contributed by atoms with van der Waals surface area (Å²) in [6, 6.07) is 9.63. The highest BCUT2D eigenvalue weighted by molar-refractivity contribution is 7.99. The van der Waals surface area contributed by atoms with Crippen LogP contribution >= 0.6 is 23.4 Å². The van der Waals surface area contributed by atoms with Crippen LogP contribution in [0.4, 0.5) is 0 Å². The molecule has 1 aromatic heterocycles. The fraction of sp³-hybridized carbons (Fsp3) is 0.286. The lowest BCUT2D eigenvalue weighted by atomic mass is 10.2. The van der Waals surface area contributed by atoms with Gasteiger partial charge in [0.05, 0.1) is 17.7 Å². The predicted octanol–water partition coefficient (Wildman–Crippen LogP) is 3.93. The monoisotopic (exact) mass is 295 g/mol. The number of nitrogens with zero attached hydrogens (tertiary/aromatic N) is 1. The molecule has 0 radical (unpaired) electrons. The van der Waals surface area contributed by atoms with Gasteiger partial charge in [0.25, 0.3) is 0 Å². The highest BCUT2D eigenvalue weighted by Crippen LogP contribution is 2.23. The van der Waals surface area contributed by atoms with Crippen molar-refractivity contribution in [3.63, 3.8) is 0 Å². The van der Waals surface area contributed by atoms with Crippen molar-refractivity contribution >= 4 is 40.2 Å². The Balaban J connectivity index is 1.94. The van der Waals surface area contributed by atoms with Gasteiger partial charge in [-0.2, -0.15) is 0 Å². The summed E-state index contributed by atoms with van der Waals surface area (Å²) in [5, 5.41) is 2.71. The first-order valence-electron chi connectivity index (χ1n) is 5.95. The summed E-state index contributed by atoms with van der Waals surface area (Å²) in [6.45, 7) is 0. The Bertz CT molecular complexity index is 589. The SMILES string of the molecule is COC(=O)CCCSc1ccc2cc(Cl)ccc2n1. The molecule has 2 rings (SSSR count). The van der Waals surface area contributed by atoms with E-state index in [-0.39, 0.29) is 5.97 Å². The van der Waals surface area contributed by atoms with Gasteiger partial charge in [-0.05, 0) is 30.7 Å². The molecule has 19 heavy (non-hydrogen) atoms. The van der Waals surface area contributed by atoms with E-state index in [4.69, 9.17) is 11.6 Å². The molecule has 0 atom stereocenters. The third-order valence-electron chi connectivity index (χ3n) is 2.63. The number of pyridine rings is 1. The van der Waals surface area contributed by atoms with E-state index in [1.54, 1.807) is 11.8 Å². The topological polar surface area (TPSA) is 39.2 Å². The van der Waals surface area contributed by atoms with Gasteiger partial charge in [0.1, 0.15) is 0 Å². The van der Waals surface area contributed by atoms with E-state index < -0.39 is 0 Å². The molecule has 0 N–H and O–H groups in total. The van der Waals surface area contributed by atoms with E-state index in [0.29, 0.717) is 11.4 Å². The van der Waals surface area contributed by atoms with Crippen molar-refractivity contribution in [2.45, 2.75) is 17.9 Å². The highest BCUT2D eigenvalue weighted by Gasteiger charge is 2.02. The second kappa shape index (κ2) is 6.78. The van der Waals surface area contributed by atoms with Crippen molar-refractivity contribution in [1.82, 2.24) is 4.98 Å². The maximum absolute atomic E-state index is 11.0. The smallest absolute Gasteiger partial charge is 0.305 e. The van der Waals surface area contributed by atoms with Crippen LogP contribution in [0.15, 0.2) is 35.4 Å². The molecule has 2 aromatic rings. The molecular weight excluding hydrogens is 282 g/mol. The molecular formula is C14H14ClNO2S. The van der Waals surface area contributed by atoms with Crippen molar-refractivity contribution in [2.75, 3.05) is 12.9 Å². The van der Waals surface area contributed by atoms with Crippen LogP contribution in [0.3, 0.4) is 0 Å². The van der Waals surface area contributed by atoms with Crippen LogP contribution in [0.1, 0.15) is 12.8 Å². The number of esters is 1. The van der Waals surface area contributed by atoms with Crippen LogP contribution in [0.5, 0.6) is 0 Å². The van der Waals surface area contributed by atoms with E-state index in [2.05, 4.69) is 9.72 Å². The first-order chi connectivity index (χ1) is 9.19. The molecule has 0 unspecified atom stereocenters. The number of ether oxygens (including phenoxy) is 1. The Morgan fingerprint density at radius 1 is 1.37 bits per heavy atom. The number of halogens is 1. The second-order valence-corrected chi connectivity index (χ2v) is 5.57. The van der Waals surface area contributed by atoms with E-state index in [0.717, 1.165) is 28.1 Å². The number of carbonyl (C=O) groups excluding carboxylic acids is 1. The van der Waals surface area contributed by atoms with Gasteiger partial charge in [-0.25, -0.2) is 4.98 Å². The molecule has 1 heterocycles. The average molecular weight is 296 g/mol. The van der Waals surface area contributed by atoms with Gasteiger partial charge in [-0.15, -0.1) is 11.8 Å². The first kappa shape index (κ1) is 14.2. The normalized spacial score (nSPS) is 10.6. The molecule has 100 valence electrons. The summed E-state index contributed by atoms with van der Waals surface area (Å²) in [4.78, 5) is 15.5. The number of hydrogen-bond donors (Lipinski definition) is 0. The van der Waals surface area contributed by atoms with Crippen LogP contribution < -0.4 is 0 Å². The quantitative estimate of drug-likeness (QED) is 0.476. The molecule has 0 spiro atoms. The minimum Gasteiger partial charge on any atom is -0.469 e. The summed E-state index contributed by atoms with van der Waals surface area (Å²) in [6.07, 6.45) is 1.24. The number of carbonyl (C=O) groups is 1. The maximum Gasteiger partial charge on any atom is 0.305 e. The number of thioether (sulfide) groups is 1. The van der Waals surface area contributed by atoms with Crippen molar-refractivity contribution in [1.29, 1.82) is 0 Å². The number of rotatable bonds is 5. The zero-order valence-corrected chi connectivity index (χ0v) is 12.1. The molecule has 3 nitrogen and oxygen atoms in total. The molecule has 0 aliphatic carbocycles. The number of fused-ring (bicyclic) bond motifs is 1. The van der Waals surface area contributed by atoms with Crippen molar-refractivity contribution in [3.8, 4) is 0 Å². The molecule has 0 aliphatic heterocycles. The Morgan fingerprint density at radius 3 is 3.00 bits per heavy atom. The van der Waals surface area contributed by atoms with Crippen molar-refractivity contribution in [2.24, 2.45) is 0 Å². The fourth-order valence-electron chi connectivity index (χ4n) is 1.65. The van der Waals surface area contributed by atoms with Gasteiger partial charge in [-0.1, -0.05) is 17.7 Å². The van der Waals surface area contributed by atoms with Crippen LogP contribution in [-0.2, 0) is 9.53 Å². The fourth-order valence-corrected chi connectivity index (χ4v) is 2.66. The lowest BCUT2D eigenvalue weighted by Gasteiger charge is -2.03. The minimum atomic E-state index is -0.165. The van der Waals surface area contributed by atoms with Gasteiger partial charge in [0, 0.05) is 22.6 Å². The van der Waals surface area contributed by atoms with Crippen LogP contribution in [0.25, 0.3) is 10.9 Å². The van der Waals surface area contributed by atoms with Crippen molar-refractivity contribution in [3.05, 3.63) is 35.4 Å². The number of methoxy groups -OCH3 is 1. The van der Waals surface area contributed by atoms with Crippen molar-refractivity contribution < 1.29 is 9.53 Å². The number of aromatic nitrogens is 1. The molecule has 5 heteroatoms. The largest absolute Gasteiger partial charge is 0.469 e. The first-order valence-corrected chi connectivity index (χ1v) is 7.31. The van der Waals surface area contributed by atoms with Crippen LogP contribution in [0.2, 0.25) is 5.02 Å². The van der Waals surface area contributed by atoms with Gasteiger partial charge >= 0.3 is 5.97 Å². The Kier molecular flexibility index (Phi) is 5.05. The maximum atomic E-state index is 11.0. The zero-order chi connectivity index (χ0) is 13.7. The highest BCUT2D eigenvalue weighted by atomic mass is 35.5. The van der Waals surface area contributed by atoms with E-state index >= 15 is 0 Å². The number of hydrogen-bond acceptors (Lipinski definition) is 4. The zero-order valence-electron chi connectivity index (χ0n) is 10.6. The Labute approximate surface area is 121 Å². The van der Waals surface area contributed by atoms with Crippen LogP contribution in [0, 0.1) is 0 Å². The van der Waals surface area contributed by atoms with E-state index in [1.165, 1.54) is 7.11 Å². The summed E-state index contributed by atoms with van der Waals surface area (Å²) in [5.41, 5.74) is 0.933. The van der Waals surface area contributed by atoms with E-state index in [1.807, 2.05) is 30.3 Å². The molecule has 0 saturated heterocycles. The van der Waals surface area contributed by atoms with Crippen LogP contribution in [-0.4, -0.2) is 23.8 Å². The Hall–Kier alpha value is -1.26. The summed E-state index contributed by atoms with van der Waals surface area (Å²) < 4.78 is 4.60. The number of benzene rings is 1.